The van der Waals surface area contributed by atoms with Gasteiger partial charge in [0.15, 0.2) is 18.7 Å². The number of carbonyl (C=O) groups is 1. The van der Waals surface area contributed by atoms with Crippen LogP contribution in [0.25, 0.3) is 0 Å². The maximum absolute atomic E-state index is 15.2. The van der Waals surface area contributed by atoms with Crippen LogP contribution in [0.2, 0.25) is 0 Å². The second-order valence-corrected chi connectivity index (χ2v) is 23.5. The highest BCUT2D eigenvalue weighted by atomic mass is 16.8. The Bertz CT molecular complexity index is 1790. The summed E-state index contributed by atoms with van der Waals surface area (Å²) in [6.45, 7) is 14.1. The Labute approximate surface area is 387 Å². The maximum Gasteiger partial charge on any atom is 0.315 e. The van der Waals surface area contributed by atoms with Gasteiger partial charge in [0.25, 0.3) is 0 Å². The molecule has 18 heteroatoms. The predicted molar refractivity (Wildman–Crippen MR) is 230 cm³/mol. The molecule has 66 heavy (non-hydrogen) atoms. The Morgan fingerprint density at radius 2 is 1.14 bits per heavy atom. The zero-order valence-electron chi connectivity index (χ0n) is 39.5. The van der Waals surface area contributed by atoms with Crippen LogP contribution < -0.4 is 0 Å². The minimum absolute atomic E-state index is 0.112. The number of hydrogen-bond acceptors (Lipinski definition) is 18. The monoisotopic (exact) mass is 943 g/mol. The molecule has 0 aromatic rings. The molecule has 0 aromatic carbocycles. The standard InChI is InChI=1S/C48H78O18/c1-43(2)14-16-48(42(60)66-41-38(35(57)32(54)26(21-51)63-41)65-40-37(59)34(56)31(53)25(20-50)62-40)17-15-46(6)22(23(48)18-43)8-9-28-45(5)12-11-29(44(3,4)27(45)10-13-47(28,46)7)64-39-36(58)33(55)30(52)24(19-49)61-39/h8,23-41,49-59H,9-21H2,1-7H3/t23-,24+,25+,26+,27-,28+,29-,30+,31+,32-,33-,34-,35-,36+,37+,38+,39-,40-,41-,45-,46+,47+,48-/m0/s1. The Balaban J connectivity index is 1.06. The van der Waals surface area contributed by atoms with Crippen molar-refractivity contribution >= 4 is 5.97 Å². The molecule has 18 nitrogen and oxygen atoms in total. The summed E-state index contributed by atoms with van der Waals surface area (Å²) in [5.41, 5.74) is -0.804. The average Bonchev–Trinajstić information content (AvgIpc) is 3.26. The lowest BCUT2D eigenvalue weighted by molar-refractivity contribution is -0.363. The van der Waals surface area contributed by atoms with Crippen molar-refractivity contribution in [2.75, 3.05) is 19.8 Å². The van der Waals surface area contributed by atoms with E-state index in [-0.39, 0.29) is 50.9 Å². The molecule has 8 rings (SSSR count). The molecule has 0 bridgehead atoms. The van der Waals surface area contributed by atoms with Gasteiger partial charge in [-0.15, -0.1) is 0 Å². The van der Waals surface area contributed by atoms with E-state index in [2.05, 4.69) is 54.5 Å². The van der Waals surface area contributed by atoms with Gasteiger partial charge in [-0.3, -0.25) is 4.79 Å². The summed E-state index contributed by atoms with van der Waals surface area (Å²) in [5.74, 6) is -0.282. The van der Waals surface area contributed by atoms with Crippen molar-refractivity contribution in [2.45, 2.75) is 211 Å². The molecule has 378 valence electrons. The highest BCUT2D eigenvalue weighted by molar-refractivity contribution is 5.79. The predicted octanol–water partition coefficient (Wildman–Crippen LogP) is 0.141. The Morgan fingerprint density at radius 3 is 1.71 bits per heavy atom. The van der Waals surface area contributed by atoms with Crippen LogP contribution in [0, 0.1) is 50.2 Å². The van der Waals surface area contributed by atoms with Crippen molar-refractivity contribution in [1.29, 1.82) is 0 Å². The molecule has 5 aliphatic carbocycles. The molecule has 0 spiro atoms. The first-order valence-corrected chi connectivity index (χ1v) is 24.3. The highest BCUT2D eigenvalue weighted by Crippen LogP contribution is 2.76. The molecule has 3 heterocycles. The molecule has 0 unspecified atom stereocenters. The van der Waals surface area contributed by atoms with E-state index >= 15 is 4.79 Å². The summed E-state index contributed by atoms with van der Waals surface area (Å²) in [5, 5.41) is 115. The molecular weight excluding hydrogens is 865 g/mol. The molecular formula is C48H78O18. The quantitative estimate of drug-likeness (QED) is 0.0833. The second kappa shape index (κ2) is 18.0. The van der Waals surface area contributed by atoms with Gasteiger partial charge in [0, 0.05) is 0 Å². The van der Waals surface area contributed by atoms with Crippen LogP contribution in [-0.2, 0) is 33.2 Å². The minimum Gasteiger partial charge on any atom is -0.432 e. The van der Waals surface area contributed by atoms with E-state index in [1.54, 1.807) is 0 Å². The number of hydrogen-bond donors (Lipinski definition) is 11. The normalized spacial score (nSPS) is 53.3. The van der Waals surface area contributed by atoms with E-state index in [0.717, 1.165) is 32.1 Å². The lowest BCUT2D eigenvalue weighted by Crippen LogP contribution is -2.66. The zero-order chi connectivity index (χ0) is 48.3. The molecule has 8 aliphatic rings. The summed E-state index contributed by atoms with van der Waals surface area (Å²) < 4.78 is 36.0. The van der Waals surface area contributed by atoms with Crippen LogP contribution in [0.1, 0.15) is 113 Å². The van der Waals surface area contributed by atoms with Gasteiger partial charge < -0.3 is 84.6 Å². The third-order valence-electron chi connectivity index (χ3n) is 19.3. The highest BCUT2D eigenvalue weighted by Gasteiger charge is 2.70. The van der Waals surface area contributed by atoms with E-state index in [9.17, 15) is 56.2 Å². The number of rotatable bonds is 9. The largest absolute Gasteiger partial charge is 0.432 e. The van der Waals surface area contributed by atoms with E-state index in [4.69, 9.17) is 28.4 Å². The van der Waals surface area contributed by atoms with Crippen LogP contribution in [0.5, 0.6) is 0 Å². The van der Waals surface area contributed by atoms with Gasteiger partial charge in [0.05, 0.1) is 31.3 Å². The maximum atomic E-state index is 15.2. The van der Waals surface area contributed by atoms with Crippen molar-refractivity contribution in [3.05, 3.63) is 11.6 Å². The molecule has 7 fully saturated rings. The van der Waals surface area contributed by atoms with Gasteiger partial charge in [-0.25, -0.2) is 0 Å². The van der Waals surface area contributed by atoms with Crippen LogP contribution in [-0.4, -0.2) is 180 Å². The summed E-state index contributed by atoms with van der Waals surface area (Å²) in [4.78, 5) is 15.2. The number of carbonyl (C=O) groups excluding carboxylic acids is 1. The summed E-state index contributed by atoms with van der Waals surface area (Å²) >= 11 is 0. The molecule has 4 saturated carbocycles. The van der Waals surface area contributed by atoms with Gasteiger partial charge in [0.1, 0.15) is 67.1 Å². The first-order chi connectivity index (χ1) is 30.9. The first kappa shape index (κ1) is 50.9. The molecule has 0 aromatic heterocycles. The van der Waals surface area contributed by atoms with Gasteiger partial charge in [0.2, 0.25) is 6.29 Å². The molecule has 0 amide bonds. The Hall–Kier alpha value is -1.43. The average molecular weight is 943 g/mol. The fourth-order valence-electron chi connectivity index (χ4n) is 15.0. The summed E-state index contributed by atoms with van der Waals surface area (Å²) in [6.07, 6.45) is -14.1. The lowest BCUT2D eigenvalue weighted by atomic mass is 9.33. The summed E-state index contributed by atoms with van der Waals surface area (Å²) in [7, 11) is 0. The van der Waals surface area contributed by atoms with Crippen LogP contribution >= 0.6 is 0 Å². The molecule has 11 N–H and O–H groups in total. The third-order valence-corrected chi connectivity index (χ3v) is 19.3. The minimum atomic E-state index is -1.86. The van der Waals surface area contributed by atoms with Crippen molar-refractivity contribution < 1.29 is 89.4 Å². The van der Waals surface area contributed by atoms with Gasteiger partial charge in [-0.2, -0.15) is 0 Å². The van der Waals surface area contributed by atoms with Crippen LogP contribution in [0.3, 0.4) is 0 Å². The van der Waals surface area contributed by atoms with Gasteiger partial charge in [-0.1, -0.05) is 60.1 Å². The first-order valence-electron chi connectivity index (χ1n) is 24.3. The number of esters is 1. The number of allylic oxidation sites excluding steroid dienone is 2. The van der Waals surface area contributed by atoms with Crippen molar-refractivity contribution in [3.8, 4) is 0 Å². The van der Waals surface area contributed by atoms with Crippen molar-refractivity contribution in [2.24, 2.45) is 50.2 Å². The number of ether oxygens (including phenoxy) is 6. The lowest BCUT2D eigenvalue weighted by Gasteiger charge is -2.71. The Kier molecular flexibility index (Phi) is 13.9. The molecule has 23 atom stereocenters. The van der Waals surface area contributed by atoms with E-state index in [1.165, 1.54) is 5.57 Å². The van der Waals surface area contributed by atoms with Crippen molar-refractivity contribution in [1.82, 2.24) is 0 Å². The SMILES string of the molecule is CC1(C)CC[C@]2(C(=O)O[C@@H]3O[C@H](CO)[C@H](O)[C@H](O)[C@H]3O[C@@H]3O[C@H](CO)[C@@H](O)[C@H](O)[C@H]3O)CC[C@]3(C)C(=CC[C@@H]4[C@@]5(C)CC[C@H](O[C@@H]6O[C@H](CO)[C@@H](O)[C@H](O)[C@H]6O)C(C)(C)[C@@H]5CC[C@]43C)[C@@H]2C1. The van der Waals surface area contributed by atoms with Crippen molar-refractivity contribution in [3.63, 3.8) is 0 Å². The molecule has 0 radical (unpaired) electrons. The topological polar surface area (TPSA) is 295 Å². The fourth-order valence-corrected chi connectivity index (χ4v) is 15.0. The Morgan fingerprint density at radius 1 is 0.606 bits per heavy atom. The van der Waals surface area contributed by atoms with Gasteiger partial charge in [-0.05, 0) is 109 Å². The van der Waals surface area contributed by atoms with E-state index in [1.807, 2.05) is 0 Å². The molecule has 3 saturated heterocycles. The number of aliphatic hydroxyl groups is 11. The number of fused-ring (bicyclic) bond motifs is 7. The summed E-state index contributed by atoms with van der Waals surface area (Å²) in [6, 6.07) is 0. The zero-order valence-corrected chi connectivity index (χ0v) is 39.5. The van der Waals surface area contributed by atoms with Crippen LogP contribution in [0.4, 0.5) is 0 Å². The van der Waals surface area contributed by atoms with Crippen LogP contribution in [0.15, 0.2) is 11.6 Å². The van der Waals surface area contributed by atoms with Gasteiger partial charge >= 0.3 is 5.97 Å². The second-order valence-electron chi connectivity index (χ2n) is 23.5. The molecule has 3 aliphatic heterocycles. The van der Waals surface area contributed by atoms with E-state index < -0.39 is 123 Å². The third kappa shape index (κ3) is 7.87. The fraction of sp³-hybridized carbons (Fsp3) is 0.938. The number of aliphatic hydroxyl groups excluding tert-OH is 11. The van der Waals surface area contributed by atoms with E-state index in [0.29, 0.717) is 32.1 Å². The smallest absolute Gasteiger partial charge is 0.315 e.